The Morgan fingerprint density at radius 2 is 1.89 bits per heavy atom. The number of nitrogens with zero attached hydrogens (tertiary/aromatic N) is 4. The van der Waals surface area contributed by atoms with Crippen LogP contribution in [0.5, 0.6) is 0 Å². The number of carbonyl (C=O) groups excluding carboxylic acids is 1. The van der Waals surface area contributed by atoms with E-state index in [1.807, 2.05) is 31.4 Å². The molecule has 1 saturated heterocycles. The summed E-state index contributed by atoms with van der Waals surface area (Å²) in [6.07, 6.45) is 2.91. The van der Waals surface area contributed by atoms with E-state index < -0.39 is 9.84 Å². The first-order valence-electron chi connectivity index (χ1n) is 9.23. The van der Waals surface area contributed by atoms with E-state index in [1.54, 1.807) is 0 Å². The van der Waals surface area contributed by atoms with Gasteiger partial charge in [-0.15, -0.1) is 10.2 Å². The Morgan fingerprint density at radius 3 is 2.52 bits per heavy atom. The summed E-state index contributed by atoms with van der Waals surface area (Å²) in [5, 5.41) is 9.17. The second-order valence-electron chi connectivity index (χ2n) is 7.55. The highest BCUT2D eigenvalue weighted by Gasteiger charge is 2.32. The number of hydrogen-bond donors (Lipinski definition) is 0. The van der Waals surface area contributed by atoms with Gasteiger partial charge >= 0.3 is 0 Å². The van der Waals surface area contributed by atoms with E-state index >= 15 is 0 Å². The Morgan fingerprint density at radius 1 is 1.15 bits per heavy atom. The fourth-order valence-electron chi connectivity index (χ4n) is 4.01. The summed E-state index contributed by atoms with van der Waals surface area (Å²) in [6, 6.07) is 2.30. The van der Waals surface area contributed by atoms with Crippen LogP contribution >= 0.6 is 11.8 Å². The summed E-state index contributed by atoms with van der Waals surface area (Å²) in [4.78, 5) is 12.8. The van der Waals surface area contributed by atoms with Crippen LogP contribution in [0.1, 0.15) is 58.9 Å². The topological polar surface area (TPSA) is 86.8 Å². The largest absolute Gasteiger partial charge is 0.344 e. The third kappa shape index (κ3) is 3.59. The highest BCUT2D eigenvalue weighted by molar-refractivity contribution is 7.99. The molecule has 7 nitrogen and oxygen atoms in total. The molecule has 146 valence electrons. The number of thioether (sulfide) groups is 1. The molecule has 1 saturated carbocycles. The maximum atomic E-state index is 12.8. The molecule has 2 aromatic heterocycles. The van der Waals surface area contributed by atoms with Crippen LogP contribution in [0.3, 0.4) is 0 Å². The lowest BCUT2D eigenvalue weighted by molar-refractivity contribution is 0.102. The molecule has 4 rings (SSSR count). The molecule has 27 heavy (non-hydrogen) atoms. The van der Waals surface area contributed by atoms with Gasteiger partial charge in [-0.2, -0.15) is 0 Å². The minimum absolute atomic E-state index is 0.0446. The number of sulfone groups is 1. The Hall–Kier alpha value is -1.61. The highest BCUT2D eigenvalue weighted by Crippen LogP contribution is 2.38. The van der Waals surface area contributed by atoms with Crippen molar-refractivity contribution in [2.75, 3.05) is 17.3 Å². The normalized spacial score (nSPS) is 21.7. The Labute approximate surface area is 163 Å². The molecule has 0 amide bonds. The average molecular weight is 409 g/mol. The van der Waals surface area contributed by atoms with Crippen molar-refractivity contribution in [3.8, 4) is 0 Å². The molecule has 2 fully saturated rings. The molecule has 2 aromatic rings. The Kier molecular flexibility index (Phi) is 4.70. The van der Waals surface area contributed by atoms with Crippen LogP contribution in [0.4, 0.5) is 0 Å². The van der Waals surface area contributed by atoms with E-state index in [0.717, 1.165) is 35.2 Å². The van der Waals surface area contributed by atoms with Gasteiger partial charge in [0.05, 0.1) is 17.3 Å². The number of ketones is 1. The van der Waals surface area contributed by atoms with Gasteiger partial charge in [-0.1, -0.05) is 11.8 Å². The van der Waals surface area contributed by atoms with Crippen LogP contribution in [-0.4, -0.2) is 50.8 Å². The summed E-state index contributed by atoms with van der Waals surface area (Å²) in [5.41, 5.74) is 2.48. The third-order valence-electron chi connectivity index (χ3n) is 5.44. The summed E-state index contributed by atoms with van der Waals surface area (Å²) in [7, 11) is -2.97. The average Bonchev–Trinajstić information content (AvgIpc) is 3.18. The fourth-order valence-corrected chi connectivity index (χ4v) is 6.64. The van der Waals surface area contributed by atoms with Crippen molar-refractivity contribution in [1.29, 1.82) is 0 Å². The molecular formula is C18H24N4O3S2. The van der Waals surface area contributed by atoms with Crippen LogP contribution in [-0.2, 0) is 9.84 Å². The standard InChI is InChI=1S/C18H24N4O3S2/c1-11-8-16(12(2)21(11)15-6-7-27(24,25)10-15)17(23)9-26-18-20-19-13(3)22(18)14-4-5-14/h8,14-15H,4-7,9-10H2,1-3H3/t15-/m1/s1. The van der Waals surface area contributed by atoms with Crippen LogP contribution in [0.2, 0.25) is 0 Å². The smallest absolute Gasteiger partial charge is 0.191 e. The van der Waals surface area contributed by atoms with Crippen molar-refractivity contribution >= 4 is 27.4 Å². The Balaban J connectivity index is 1.51. The van der Waals surface area contributed by atoms with E-state index in [4.69, 9.17) is 0 Å². The molecule has 0 aromatic carbocycles. The second-order valence-corrected chi connectivity index (χ2v) is 10.7. The van der Waals surface area contributed by atoms with Crippen molar-refractivity contribution in [3.05, 3.63) is 28.8 Å². The Bertz CT molecular complexity index is 1000. The molecule has 0 unspecified atom stereocenters. The first-order valence-corrected chi connectivity index (χ1v) is 12.0. The van der Waals surface area contributed by atoms with Crippen LogP contribution in [0.15, 0.2) is 11.2 Å². The SMILES string of the molecule is Cc1nnc(SCC(=O)c2cc(C)n([C@@H]3CCS(=O)(=O)C3)c2C)n1C1CC1. The maximum absolute atomic E-state index is 12.8. The maximum Gasteiger partial charge on any atom is 0.191 e. The van der Waals surface area contributed by atoms with Gasteiger partial charge in [0.2, 0.25) is 0 Å². The molecular weight excluding hydrogens is 384 g/mol. The first-order chi connectivity index (χ1) is 12.8. The minimum Gasteiger partial charge on any atom is -0.344 e. The lowest BCUT2D eigenvalue weighted by Crippen LogP contribution is -2.14. The number of carbonyl (C=O) groups is 1. The number of Topliss-reactive ketones (excluding diaryl/α,β-unsaturated/α-hetero) is 1. The minimum atomic E-state index is -2.97. The molecule has 0 spiro atoms. The van der Waals surface area contributed by atoms with Gasteiger partial charge in [0.15, 0.2) is 20.8 Å². The van der Waals surface area contributed by atoms with Gasteiger partial charge in [-0.3, -0.25) is 4.79 Å². The summed E-state index contributed by atoms with van der Waals surface area (Å²) < 4.78 is 27.8. The predicted octanol–water partition coefficient (Wildman–Crippen LogP) is 2.67. The molecule has 1 atom stereocenters. The zero-order chi connectivity index (χ0) is 19.3. The molecule has 3 heterocycles. The molecule has 1 aliphatic heterocycles. The predicted molar refractivity (Wildman–Crippen MR) is 104 cm³/mol. The monoisotopic (exact) mass is 408 g/mol. The first kappa shape index (κ1) is 18.7. The van der Waals surface area contributed by atoms with E-state index in [1.165, 1.54) is 11.8 Å². The number of aromatic nitrogens is 4. The van der Waals surface area contributed by atoms with Crippen molar-refractivity contribution in [3.63, 3.8) is 0 Å². The number of aryl methyl sites for hydroxylation is 2. The lowest BCUT2D eigenvalue weighted by Gasteiger charge is -2.16. The third-order valence-corrected chi connectivity index (χ3v) is 8.13. The van der Waals surface area contributed by atoms with E-state index in [-0.39, 0.29) is 23.3 Å². The fraction of sp³-hybridized carbons (Fsp3) is 0.611. The van der Waals surface area contributed by atoms with Gasteiger partial charge in [0.1, 0.15) is 5.82 Å². The van der Waals surface area contributed by atoms with Crippen LogP contribution < -0.4 is 0 Å². The van der Waals surface area contributed by atoms with Crippen LogP contribution in [0.25, 0.3) is 0 Å². The van der Waals surface area contributed by atoms with Gasteiger partial charge in [0.25, 0.3) is 0 Å². The van der Waals surface area contributed by atoms with Gasteiger partial charge in [-0.05, 0) is 46.1 Å². The molecule has 0 N–H and O–H groups in total. The van der Waals surface area contributed by atoms with Crippen molar-refractivity contribution < 1.29 is 13.2 Å². The molecule has 1 aliphatic carbocycles. The van der Waals surface area contributed by atoms with Gasteiger partial charge < -0.3 is 9.13 Å². The summed E-state index contributed by atoms with van der Waals surface area (Å²) >= 11 is 1.43. The van der Waals surface area contributed by atoms with Crippen LogP contribution in [0, 0.1) is 20.8 Å². The lowest BCUT2D eigenvalue weighted by atomic mass is 10.2. The number of hydrogen-bond acceptors (Lipinski definition) is 6. The zero-order valence-electron chi connectivity index (χ0n) is 15.8. The quantitative estimate of drug-likeness (QED) is 0.539. The summed E-state index contributed by atoms with van der Waals surface area (Å²) in [6.45, 7) is 5.79. The second kappa shape index (κ2) is 6.77. The molecule has 0 bridgehead atoms. The molecule has 9 heteroatoms. The number of rotatable bonds is 6. The van der Waals surface area contributed by atoms with Gasteiger partial charge in [-0.25, -0.2) is 8.42 Å². The van der Waals surface area contributed by atoms with Crippen molar-refractivity contribution in [2.45, 2.75) is 57.3 Å². The van der Waals surface area contributed by atoms with E-state index in [2.05, 4.69) is 14.8 Å². The van der Waals surface area contributed by atoms with E-state index in [0.29, 0.717) is 23.8 Å². The molecule has 0 radical (unpaired) electrons. The highest BCUT2D eigenvalue weighted by atomic mass is 32.2. The van der Waals surface area contributed by atoms with E-state index in [9.17, 15) is 13.2 Å². The molecule has 2 aliphatic rings. The summed E-state index contributed by atoms with van der Waals surface area (Å²) in [5.74, 6) is 1.63. The van der Waals surface area contributed by atoms with Gasteiger partial charge in [0, 0.05) is 29.0 Å². The van der Waals surface area contributed by atoms with Crippen molar-refractivity contribution in [2.24, 2.45) is 0 Å². The van der Waals surface area contributed by atoms with Crippen molar-refractivity contribution in [1.82, 2.24) is 19.3 Å². The zero-order valence-corrected chi connectivity index (χ0v) is 17.4.